The van der Waals surface area contributed by atoms with Gasteiger partial charge in [-0.2, -0.15) is 4.98 Å². The molecule has 130 valence electrons. The quantitative estimate of drug-likeness (QED) is 0.697. The van der Waals surface area contributed by atoms with Crippen LogP contribution in [0.3, 0.4) is 0 Å². The second-order valence-corrected chi connectivity index (χ2v) is 10.7. The van der Waals surface area contributed by atoms with E-state index in [0.29, 0.717) is 0 Å². The van der Waals surface area contributed by atoms with Gasteiger partial charge in [0, 0.05) is 0 Å². The van der Waals surface area contributed by atoms with Crippen molar-refractivity contribution >= 4 is 14.1 Å². The van der Waals surface area contributed by atoms with Gasteiger partial charge in [-0.25, -0.2) is 13.8 Å². The minimum atomic E-state index is -1.78. The third-order valence-electron chi connectivity index (χ3n) is 4.42. The summed E-state index contributed by atoms with van der Waals surface area (Å²) in [7, 11) is -1.78. The summed E-state index contributed by atoms with van der Waals surface area (Å²) < 4.78 is 32.5. The van der Waals surface area contributed by atoms with Crippen LogP contribution in [0.4, 0.5) is 14.6 Å². The summed E-state index contributed by atoms with van der Waals surface area (Å²) in [4.78, 5) is 11.4. The molecule has 0 amide bonds. The molecule has 0 aliphatic carbocycles. The number of benzene rings is 1. The number of halogens is 2. The molecule has 7 heteroatoms. The molecule has 0 bridgehead atoms. The second kappa shape index (κ2) is 8.19. The van der Waals surface area contributed by atoms with Gasteiger partial charge in [-0.1, -0.05) is 32.9 Å². The third-order valence-corrected chi connectivity index (χ3v) is 9.24. The summed E-state index contributed by atoms with van der Waals surface area (Å²) >= 11 is 0. The first-order valence-electron chi connectivity index (χ1n) is 8.20. The molecule has 24 heavy (non-hydrogen) atoms. The lowest BCUT2D eigenvalue weighted by atomic mass is 10.2. The number of nitrogens with one attached hydrogen (secondary N) is 1. The highest BCUT2D eigenvalue weighted by atomic mass is 28.3. The maximum absolute atomic E-state index is 14.1. The van der Waals surface area contributed by atoms with Crippen molar-refractivity contribution in [2.75, 3.05) is 4.98 Å². The van der Waals surface area contributed by atoms with Crippen LogP contribution in [0, 0.1) is 11.6 Å². The Bertz CT molecular complexity index is 655. The molecule has 0 aliphatic rings. The molecule has 0 atom stereocenters. The molecular weight excluding hydrogens is 328 g/mol. The van der Waals surface area contributed by atoms with Crippen molar-refractivity contribution in [3.8, 4) is 6.01 Å². The summed E-state index contributed by atoms with van der Waals surface area (Å²) in [6.45, 7) is 6.56. The van der Waals surface area contributed by atoms with Crippen molar-refractivity contribution in [1.29, 1.82) is 0 Å². The van der Waals surface area contributed by atoms with E-state index in [1.165, 1.54) is 12.1 Å². The molecule has 2 rings (SSSR count). The summed E-state index contributed by atoms with van der Waals surface area (Å²) in [5.74, 6) is -0.573. The van der Waals surface area contributed by atoms with Crippen LogP contribution >= 0.6 is 0 Å². The van der Waals surface area contributed by atoms with E-state index in [1.54, 1.807) is 12.1 Å². The zero-order valence-corrected chi connectivity index (χ0v) is 15.3. The molecule has 1 aromatic carbocycles. The van der Waals surface area contributed by atoms with Crippen LogP contribution in [-0.4, -0.2) is 18.2 Å². The molecule has 0 radical (unpaired) electrons. The van der Waals surface area contributed by atoms with E-state index in [2.05, 4.69) is 35.7 Å². The smallest absolute Gasteiger partial charge is 0.318 e. The Morgan fingerprint density at radius 3 is 2.25 bits per heavy atom. The largest absolute Gasteiger partial charge is 0.459 e. The Morgan fingerprint density at radius 1 is 1.04 bits per heavy atom. The zero-order chi connectivity index (χ0) is 17.6. The fourth-order valence-corrected chi connectivity index (χ4v) is 5.21. The molecule has 0 spiro atoms. The van der Waals surface area contributed by atoms with Crippen LogP contribution in [0.5, 0.6) is 6.01 Å². The molecule has 0 saturated carbocycles. The van der Waals surface area contributed by atoms with Gasteiger partial charge in [0.15, 0.2) is 19.9 Å². The van der Waals surface area contributed by atoms with E-state index in [9.17, 15) is 8.78 Å². The summed E-state index contributed by atoms with van der Waals surface area (Å²) in [6, 6.07) is 9.07. The zero-order valence-electron chi connectivity index (χ0n) is 14.3. The molecule has 0 aliphatic heterocycles. The molecule has 1 N–H and O–H groups in total. The van der Waals surface area contributed by atoms with Gasteiger partial charge in [0.25, 0.3) is 0 Å². The number of rotatable bonds is 8. The summed E-state index contributed by atoms with van der Waals surface area (Å²) in [6.07, 6.45) is 1.12. The summed E-state index contributed by atoms with van der Waals surface area (Å²) in [5, 5.41) is 0. The standard InChI is InChI=1S/C17H23F2N3OSi/c1-4-24(5-2,6-3)22-16-15(19)11-20-17(21-16)23-12-13-7-9-14(18)10-8-13/h7-11H,4-6,12H2,1-3H3,(H,20,21,22). The fraction of sp³-hybridized carbons (Fsp3) is 0.412. The van der Waals surface area contributed by atoms with Crippen LogP contribution in [0.15, 0.2) is 30.5 Å². The highest BCUT2D eigenvalue weighted by Crippen LogP contribution is 2.24. The average molecular weight is 351 g/mol. The molecule has 0 saturated heterocycles. The van der Waals surface area contributed by atoms with Gasteiger partial charge in [-0.15, -0.1) is 0 Å². The van der Waals surface area contributed by atoms with Crippen LogP contribution in [0.1, 0.15) is 26.3 Å². The van der Waals surface area contributed by atoms with Crippen LogP contribution in [0.25, 0.3) is 0 Å². The number of ether oxygens (including phenoxy) is 1. The Labute approximate surface area is 142 Å². The molecule has 0 unspecified atom stereocenters. The van der Waals surface area contributed by atoms with E-state index in [0.717, 1.165) is 29.9 Å². The first-order chi connectivity index (χ1) is 11.5. The topological polar surface area (TPSA) is 47.0 Å². The van der Waals surface area contributed by atoms with Crippen molar-refractivity contribution < 1.29 is 13.5 Å². The average Bonchev–Trinajstić information content (AvgIpc) is 2.61. The van der Waals surface area contributed by atoms with Gasteiger partial charge in [0.1, 0.15) is 12.4 Å². The lowest BCUT2D eigenvalue weighted by Gasteiger charge is -2.29. The van der Waals surface area contributed by atoms with E-state index in [4.69, 9.17) is 4.74 Å². The maximum Gasteiger partial charge on any atom is 0.318 e. The number of nitrogens with zero attached hydrogens (tertiary/aromatic N) is 2. The second-order valence-electron chi connectivity index (χ2n) is 5.73. The Kier molecular flexibility index (Phi) is 6.25. The fourth-order valence-electron chi connectivity index (χ4n) is 2.50. The molecule has 1 heterocycles. The van der Waals surface area contributed by atoms with Crippen molar-refractivity contribution in [2.45, 2.75) is 45.5 Å². The van der Waals surface area contributed by atoms with E-state index < -0.39 is 14.1 Å². The molecule has 1 aromatic heterocycles. The number of anilines is 1. The SMILES string of the molecule is CC[Si](CC)(CC)Nc1nc(OCc2ccc(F)cc2)ncc1F. The van der Waals surface area contributed by atoms with Gasteiger partial charge < -0.3 is 9.72 Å². The molecule has 4 nitrogen and oxygen atoms in total. The van der Waals surface area contributed by atoms with Crippen LogP contribution in [0.2, 0.25) is 18.1 Å². The van der Waals surface area contributed by atoms with Crippen molar-refractivity contribution in [3.63, 3.8) is 0 Å². The minimum absolute atomic E-state index is 0.106. The van der Waals surface area contributed by atoms with Gasteiger partial charge in [0.2, 0.25) is 0 Å². The highest BCUT2D eigenvalue weighted by Gasteiger charge is 2.29. The number of hydrogen-bond acceptors (Lipinski definition) is 4. The Balaban J connectivity index is 2.11. The maximum atomic E-state index is 14.1. The minimum Gasteiger partial charge on any atom is -0.459 e. The van der Waals surface area contributed by atoms with Crippen molar-refractivity contribution in [2.24, 2.45) is 0 Å². The lowest BCUT2D eigenvalue weighted by Crippen LogP contribution is -2.42. The first-order valence-corrected chi connectivity index (χ1v) is 10.8. The van der Waals surface area contributed by atoms with E-state index in [1.807, 2.05) is 0 Å². The van der Waals surface area contributed by atoms with Gasteiger partial charge in [-0.05, 0) is 35.8 Å². The summed E-state index contributed by atoms with van der Waals surface area (Å²) in [5.41, 5.74) is 0.790. The van der Waals surface area contributed by atoms with Gasteiger partial charge >= 0.3 is 6.01 Å². The normalized spacial score (nSPS) is 11.4. The van der Waals surface area contributed by atoms with Gasteiger partial charge in [0.05, 0.1) is 6.20 Å². The Hall–Kier alpha value is -2.02. The highest BCUT2D eigenvalue weighted by molar-refractivity contribution is 6.82. The van der Waals surface area contributed by atoms with Crippen LogP contribution < -0.4 is 9.72 Å². The molecule has 2 aromatic rings. The number of hydrogen-bond donors (Lipinski definition) is 1. The third kappa shape index (κ3) is 4.50. The first kappa shape index (κ1) is 18.3. The monoisotopic (exact) mass is 351 g/mol. The van der Waals surface area contributed by atoms with Crippen molar-refractivity contribution in [3.05, 3.63) is 47.7 Å². The Morgan fingerprint density at radius 2 is 1.67 bits per heavy atom. The number of aromatic nitrogens is 2. The van der Waals surface area contributed by atoms with E-state index >= 15 is 0 Å². The predicted molar refractivity (Wildman–Crippen MR) is 93.5 cm³/mol. The molecule has 0 fully saturated rings. The lowest BCUT2D eigenvalue weighted by molar-refractivity contribution is 0.280. The molecular formula is C17H23F2N3OSi. The van der Waals surface area contributed by atoms with Gasteiger partial charge in [-0.3, -0.25) is 0 Å². The van der Waals surface area contributed by atoms with Crippen LogP contribution in [-0.2, 0) is 6.61 Å². The van der Waals surface area contributed by atoms with Crippen molar-refractivity contribution in [1.82, 2.24) is 9.97 Å². The predicted octanol–water partition coefficient (Wildman–Crippen LogP) is 4.75. The van der Waals surface area contributed by atoms with E-state index in [-0.39, 0.29) is 24.3 Å².